The summed E-state index contributed by atoms with van der Waals surface area (Å²) >= 11 is 0. The van der Waals surface area contributed by atoms with E-state index in [-0.39, 0.29) is 6.10 Å². The first-order chi connectivity index (χ1) is 14.6. The molecule has 8 heteroatoms. The van der Waals surface area contributed by atoms with Gasteiger partial charge in [0.25, 0.3) is 0 Å². The van der Waals surface area contributed by atoms with Crippen LogP contribution in [0, 0.1) is 0 Å². The van der Waals surface area contributed by atoms with Crippen molar-refractivity contribution in [3.63, 3.8) is 0 Å². The molecule has 0 aliphatic carbocycles. The lowest BCUT2D eigenvalue weighted by molar-refractivity contribution is -0.0231. The number of hydrogen-bond donors (Lipinski definition) is 2. The van der Waals surface area contributed by atoms with Gasteiger partial charge in [-0.05, 0) is 35.4 Å². The molecule has 154 valence electrons. The molecule has 1 aliphatic rings. The summed E-state index contributed by atoms with van der Waals surface area (Å²) in [5, 5.41) is 12.4. The molecule has 0 saturated carbocycles. The third kappa shape index (κ3) is 4.49. The molecule has 30 heavy (non-hydrogen) atoms. The summed E-state index contributed by atoms with van der Waals surface area (Å²) in [5.74, 6) is 1.27. The van der Waals surface area contributed by atoms with Gasteiger partial charge in [0, 0.05) is 30.2 Å². The first kappa shape index (κ1) is 19.7. The number of carbonyl (C=O) groups is 1. The molecule has 1 atom stereocenters. The number of ether oxygens (including phenoxy) is 2. The second-order valence-electron chi connectivity index (χ2n) is 6.86. The first-order valence-corrected chi connectivity index (χ1v) is 9.55. The summed E-state index contributed by atoms with van der Waals surface area (Å²) in [5.41, 5.74) is 3.62. The standard InChI is InChI=1S/C22H22N4O4/c1-29-19-7-5-15(6-8-19)17-12-23-21(24-13-17)25-18-4-2-3-16(11-18)20-14-26(22(27)28)9-10-30-20/h2-8,11-13,20H,9-10,14H2,1H3,(H,27,28)(H,23,24,25). The molecule has 3 aromatic rings. The maximum Gasteiger partial charge on any atom is 0.407 e. The monoisotopic (exact) mass is 406 g/mol. The fourth-order valence-electron chi connectivity index (χ4n) is 3.30. The van der Waals surface area contributed by atoms with Crippen LogP contribution in [-0.4, -0.2) is 52.9 Å². The molecule has 2 aromatic carbocycles. The van der Waals surface area contributed by atoms with Crippen LogP contribution in [0.3, 0.4) is 0 Å². The van der Waals surface area contributed by atoms with Crippen LogP contribution in [0.4, 0.5) is 16.4 Å². The van der Waals surface area contributed by atoms with E-state index in [1.54, 1.807) is 19.5 Å². The maximum atomic E-state index is 11.2. The minimum absolute atomic E-state index is 0.296. The molecule has 1 fully saturated rings. The Morgan fingerprint density at radius 1 is 1.17 bits per heavy atom. The van der Waals surface area contributed by atoms with Gasteiger partial charge in [-0.3, -0.25) is 0 Å². The number of carboxylic acid groups (broad SMARTS) is 1. The number of rotatable bonds is 5. The molecular formula is C22H22N4O4. The minimum Gasteiger partial charge on any atom is -0.497 e. The number of methoxy groups -OCH3 is 1. The highest BCUT2D eigenvalue weighted by Crippen LogP contribution is 2.26. The normalized spacial score (nSPS) is 16.2. The van der Waals surface area contributed by atoms with E-state index >= 15 is 0 Å². The zero-order valence-electron chi connectivity index (χ0n) is 16.5. The van der Waals surface area contributed by atoms with Crippen molar-refractivity contribution in [1.82, 2.24) is 14.9 Å². The number of nitrogens with zero attached hydrogens (tertiary/aromatic N) is 3. The predicted octanol–water partition coefficient (Wildman–Crippen LogP) is 3.95. The Morgan fingerprint density at radius 3 is 2.63 bits per heavy atom. The number of nitrogens with one attached hydrogen (secondary N) is 1. The van der Waals surface area contributed by atoms with E-state index in [0.717, 1.165) is 28.1 Å². The van der Waals surface area contributed by atoms with Crippen molar-refractivity contribution >= 4 is 17.7 Å². The van der Waals surface area contributed by atoms with Gasteiger partial charge >= 0.3 is 6.09 Å². The van der Waals surface area contributed by atoms with Gasteiger partial charge in [0.2, 0.25) is 5.95 Å². The Hall–Kier alpha value is -3.65. The Bertz CT molecular complexity index is 1010. The Balaban J connectivity index is 1.45. The lowest BCUT2D eigenvalue weighted by Crippen LogP contribution is -2.41. The Labute approximate surface area is 174 Å². The van der Waals surface area contributed by atoms with Crippen molar-refractivity contribution in [2.45, 2.75) is 6.10 Å². The topological polar surface area (TPSA) is 96.8 Å². The van der Waals surface area contributed by atoms with E-state index < -0.39 is 6.09 Å². The molecule has 8 nitrogen and oxygen atoms in total. The zero-order valence-corrected chi connectivity index (χ0v) is 16.5. The molecular weight excluding hydrogens is 384 g/mol. The van der Waals surface area contributed by atoms with Crippen LogP contribution in [0.25, 0.3) is 11.1 Å². The average molecular weight is 406 g/mol. The van der Waals surface area contributed by atoms with Crippen LogP contribution in [-0.2, 0) is 4.74 Å². The summed E-state index contributed by atoms with van der Waals surface area (Å²) in [6.45, 7) is 1.08. The summed E-state index contributed by atoms with van der Waals surface area (Å²) < 4.78 is 10.9. The number of aromatic nitrogens is 2. The molecule has 2 N–H and O–H groups in total. The van der Waals surface area contributed by atoms with Crippen molar-refractivity contribution in [2.24, 2.45) is 0 Å². The van der Waals surface area contributed by atoms with Crippen molar-refractivity contribution in [2.75, 3.05) is 32.1 Å². The summed E-state index contributed by atoms with van der Waals surface area (Å²) in [6.07, 6.45) is 2.30. The van der Waals surface area contributed by atoms with Crippen molar-refractivity contribution in [3.8, 4) is 16.9 Å². The number of morpholine rings is 1. The fourth-order valence-corrected chi connectivity index (χ4v) is 3.30. The molecule has 4 rings (SSSR count). The van der Waals surface area contributed by atoms with Crippen LogP contribution in [0.15, 0.2) is 60.9 Å². The van der Waals surface area contributed by atoms with Gasteiger partial charge in [0.15, 0.2) is 0 Å². The predicted molar refractivity (Wildman–Crippen MR) is 112 cm³/mol. The molecule has 1 saturated heterocycles. The maximum absolute atomic E-state index is 11.2. The summed E-state index contributed by atoms with van der Waals surface area (Å²) in [6, 6.07) is 15.4. The fraction of sp³-hybridized carbons (Fsp3) is 0.227. The molecule has 1 aromatic heterocycles. The van der Waals surface area contributed by atoms with E-state index in [1.165, 1.54) is 4.90 Å². The molecule has 1 amide bonds. The molecule has 0 bridgehead atoms. The second kappa shape index (κ2) is 8.79. The lowest BCUT2D eigenvalue weighted by Gasteiger charge is -2.31. The highest BCUT2D eigenvalue weighted by molar-refractivity contribution is 5.65. The molecule has 2 heterocycles. The molecule has 0 spiro atoms. The van der Waals surface area contributed by atoms with Crippen molar-refractivity contribution < 1.29 is 19.4 Å². The smallest absolute Gasteiger partial charge is 0.407 e. The van der Waals surface area contributed by atoms with Crippen LogP contribution in [0.5, 0.6) is 5.75 Å². The number of amides is 1. The Kier molecular flexibility index (Phi) is 5.76. The third-order valence-corrected chi connectivity index (χ3v) is 4.93. The van der Waals surface area contributed by atoms with Crippen molar-refractivity contribution in [3.05, 3.63) is 66.5 Å². The van der Waals surface area contributed by atoms with Gasteiger partial charge in [0.1, 0.15) is 11.9 Å². The van der Waals surface area contributed by atoms with Gasteiger partial charge in [-0.1, -0.05) is 24.3 Å². The zero-order chi connectivity index (χ0) is 20.9. The van der Waals surface area contributed by atoms with Crippen LogP contribution in [0.1, 0.15) is 11.7 Å². The van der Waals surface area contributed by atoms with E-state index in [4.69, 9.17) is 9.47 Å². The molecule has 1 aliphatic heterocycles. The first-order valence-electron chi connectivity index (χ1n) is 9.55. The van der Waals surface area contributed by atoms with Crippen molar-refractivity contribution in [1.29, 1.82) is 0 Å². The van der Waals surface area contributed by atoms with Gasteiger partial charge < -0.3 is 24.8 Å². The van der Waals surface area contributed by atoms with Crippen LogP contribution >= 0.6 is 0 Å². The van der Waals surface area contributed by atoms with E-state index in [0.29, 0.717) is 25.6 Å². The van der Waals surface area contributed by atoms with E-state index in [2.05, 4.69) is 15.3 Å². The largest absolute Gasteiger partial charge is 0.497 e. The van der Waals surface area contributed by atoms with Crippen LogP contribution in [0.2, 0.25) is 0 Å². The van der Waals surface area contributed by atoms with Gasteiger partial charge in [-0.25, -0.2) is 14.8 Å². The molecule has 0 radical (unpaired) electrons. The molecule has 1 unspecified atom stereocenters. The van der Waals surface area contributed by atoms with Crippen LogP contribution < -0.4 is 10.1 Å². The average Bonchev–Trinajstić information content (AvgIpc) is 2.80. The highest BCUT2D eigenvalue weighted by Gasteiger charge is 2.25. The quantitative estimate of drug-likeness (QED) is 0.662. The second-order valence-corrected chi connectivity index (χ2v) is 6.86. The highest BCUT2D eigenvalue weighted by atomic mass is 16.5. The summed E-state index contributed by atoms with van der Waals surface area (Å²) in [4.78, 5) is 21.4. The number of benzene rings is 2. The SMILES string of the molecule is COc1ccc(-c2cnc(Nc3cccc(C4CN(C(=O)O)CCO4)c3)nc2)cc1. The minimum atomic E-state index is -0.928. The number of anilines is 2. The third-order valence-electron chi connectivity index (χ3n) is 4.93. The Morgan fingerprint density at radius 2 is 1.93 bits per heavy atom. The van der Waals surface area contributed by atoms with E-state index in [9.17, 15) is 9.90 Å². The van der Waals surface area contributed by atoms with Gasteiger partial charge in [-0.15, -0.1) is 0 Å². The van der Waals surface area contributed by atoms with E-state index in [1.807, 2.05) is 48.5 Å². The van der Waals surface area contributed by atoms with Gasteiger partial charge in [-0.2, -0.15) is 0 Å². The lowest BCUT2D eigenvalue weighted by atomic mass is 10.1. The van der Waals surface area contributed by atoms with Gasteiger partial charge in [0.05, 0.1) is 20.3 Å². The number of hydrogen-bond acceptors (Lipinski definition) is 6. The summed E-state index contributed by atoms with van der Waals surface area (Å²) in [7, 11) is 1.64.